The summed E-state index contributed by atoms with van der Waals surface area (Å²) in [5, 5.41) is 0. The summed E-state index contributed by atoms with van der Waals surface area (Å²) in [6, 6.07) is 1.83. The van der Waals surface area contributed by atoms with Crippen molar-refractivity contribution in [2.24, 2.45) is 0 Å². The summed E-state index contributed by atoms with van der Waals surface area (Å²) in [7, 11) is 0. The Hall–Kier alpha value is -2.44. The molecule has 3 heterocycles. The van der Waals surface area contributed by atoms with Gasteiger partial charge in [0.2, 0.25) is 5.91 Å². The van der Waals surface area contributed by atoms with Gasteiger partial charge in [-0.25, -0.2) is 9.78 Å². The molecule has 1 aliphatic heterocycles. The molecule has 0 aromatic carbocycles. The summed E-state index contributed by atoms with van der Waals surface area (Å²) < 4.78 is 3.68. The van der Waals surface area contributed by atoms with Crippen LogP contribution in [0.5, 0.6) is 0 Å². The van der Waals surface area contributed by atoms with Crippen molar-refractivity contribution < 1.29 is 4.79 Å². The van der Waals surface area contributed by atoms with E-state index in [2.05, 4.69) is 21.5 Å². The largest absolute Gasteiger partial charge is 0.348 e. The highest BCUT2D eigenvalue weighted by atomic mass is 16.2. The topological polar surface area (TPSA) is 73.0 Å². The van der Waals surface area contributed by atoms with E-state index in [9.17, 15) is 9.59 Å². The lowest BCUT2D eigenvalue weighted by molar-refractivity contribution is -0.133. The van der Waals surface area contributed by atoms with Gasteiger partial charge in [-0.1, -0.05) is 13.3 Å². The number of rotatable bonds is 6. The molecule has 1 saturated heterocycles. The minimum atomic E-state index is -0.357. The number of aryl methyl sites for hydroxylation is 3. The predicted molar refractivity (Wildman–Crippen MR) is 104 cm³/mol. The van der Waals surface area contributed by atoms with Crippen molar-refractivity contribution >= 4 is 5.91 Å². The first-order valence-corrected chi connectivity index (χ1v) is 9.83. The Labute approximate surface area is 160 Å². The average molecular weight is 371 g/mol. The van der Waals surface area contributed by atoms with Crippen LogP contribution in [0.15, 0.2) is 23.3 Å². The summed E-state index contributed by atoms with van der Waals surface area (Å²) in [4.78, 5) is 35.4. The second-order valence-electron chi connectivity index (χ2n) is 7.42. The molecule has 2 aromatic rings. The number of carbonyl (C=O) groups excluding carboxylic acids is 1. The molecule has 1 amide bonds. The summed E-state index contributed by atoms with van der Waals surface area (Å²) in [6.07, 6.45) is 8.15. The van der Waals surface area contributed by atoms with Gasteiger partial charge in [0.25, 0.3) is 0 Å². The Bertz CT molecular complexity index is 854. The van der Waals surface area contributed by atoms with Gasteiger partial charge in [0, 0.05) is 49.3 Å². The highest BCUT2D eigenvalue weighted by molar-refractivity contribution is 5.76. The quantitative estimate of drug-likeness (QED) is 0.781. The summed E-state index contributed by atoms with van der Waals surface area (Å²) in [6.45, 7) is 8.23. The summed E-state index contributed by atoms with van der Waals surface area (Å²) in [5.74, 6) is 1.30. The zero-order valence-corrected chi connectivity index (χ0v) is 16.5. The van der Waals surface area contributed by atoms with Crippen molar-refractivity contribution in [2.45, 2.75) is 65.5 Å². The Kier molecular flexibility index (Phi) is 6.08. The van der Waals surface area contributed by atoms with Crippen molar-refractivity contribution in [3.63, 3.8) is 0 Å². The average Bonchev–Trinajstić information content (AvgIpc) is 3.11. The van der Waals surface area contributed by atoms with Crippen LogP contribution in [-0.2, 0) is 17.9 Å². The lowest BCUT2D eigenvalue weighted by atomic mass is 9.97. The number of unbranched alkanes of at least 4 members (excludes halogenated alkanes) is 1. The van der Waals surface area contributed by atoms with E-state index < -0.39 is 0 Å². The van der Waals surface area contributed by atoms with Crippen molar-refractivity contribution in [3.05, 3.63) is 46.2 Å². The number of aromatic nitrogens is 4. The smallest absolute Gasteiger partial charge is 0.340 e. The number of carbonyl (C=O) groups is 1. The molecule has 0 aliphatic carbocycles. The van der Waals surface area contributed by atoms with Crippen LogP contribution in [-0.4, -0.2) is 43.0 Å². The van der Waals surface area contributed by atoms with Gasteiger partial charge in [-0.3, -0.25) is 9.36 Å². The number of hydrogen-bond donors (Lipinski definition) is 0. The molecule has 1 fully saturated rings. The molecular formula is C20H29N5O2. The monoisotopic (exact) mass is 371 g/mol. The maximum Gasteiger partial charge on any atom is 0.348 e. The molecule has 0 radical (unpaired) electrons. The molecule has 0 bridgehead atoms. The molecule has 3 rings (SSSR count). The molecule has 2 aromatic heterocycles. The third kappa shape index (κ3) is 4.46. The fourth-order valence-electron chi connectivity index (χ4n) is 3.81. The lowest BCUT2D eigenvalue weighted by Crippen LogP contribution is -2.43. The Morgan fingerprint density at radius 1 is 1.33 bits per heavy atom. The number of amides is 1. The van der Waals surface area contributed by atoms with E-state index in [1.54, 1.807) is 6.92 Å². The van der Waals surface area contributed by atoms with Crippen molar-refractivity contribution in [2.75, 3.05) is 13.1 Å². The minimum absolute atomic E-state index is 0.0257. The number of hydrogen-bond acceptors (Lipinski definition) is 4. The van der Waals surface area contributed by atoms with Crippen molar-refractivity contribution in [1.82, 2.24) is 24.0 Å². The van der Waals surface area contributed by atoms with E-state index >= 15 is 0 Å². The van der Waals surface area contributed by atoms with Gasteiger partial charge in [-0.2, -0.15) is 4.98 Å². The number of imidazole rings is 1. The van der Waals surface area contributed by atoms with Crippen molar-refractivity contribution in [3.8, 4) is 0 Å². The van der Waals surface area contributed by atoms with Crippen LogP contribution < -0.4 is 5.69 Å². The van der Waals surface area contributed by atoms with Crippen LogP contribution in [0.4, 0.5) is 0 Å². The predicted octanol–water partition coefficient (Wildman–Crippen LogP) is 2.26. The Balaban J connectivity index is 1.70. The second-order valence-corrected chi connectivity index (χ2v) is 7.42. The van der Waals surface area contributed by atoms with Gasteiger partial charge in [-0.15, -0.1) is 0 Å². The van der Waals surface area contributed by atoms with Crippen molar-refractivity contribution in [1.29, 1.82) is 0 Å². The van der Waals surface area contributed by atoms with Crippen LogP contribution in [0.25, 0.3) is 0 Å². The summed E-state index contributed by atoms with van der Waals surface area (Å²) >= 11 is 0. The van der Waals surface area contributed by atoms with Gasteiger partial charge in [0.05, 0.1) is 0 Å². The molecule has 0 spiro atoms. The maximum atomic E-state index is 12.8. The second kappa shape index (κ2) is 8.50. The fraction of sp³-hybridized carbons (Fsp3) is 0.600. The van der Waals surface area contributed by atoms with Crippen LogP contribution in [0.2, 0.25) is 0 Å². The molecule has 27 heavy (non-hydrogen) atoms. The number of piperidine rings is 1. The molecule has 0 saturated carbocycles. The van der Waals surface area contributed by atoms with Gasteiger partial charge in [0.1, 0.15) is 12.4 Å². The first kappa shape index (κ1) is 19.3. The van der Waals surface area contributed by atoms with Crippen LogP contribution in [0.1, 0.15) is 55.7 Å². The molecule has 146 valence electrons. The Morgan fingerprint density at radius 2 is 2.15 bits per heavy atom. The summed E-state index contributed by atoms with van der Waals surface area (Å²) in [5.41, 5.74) is 1.09. The molecule has 1 atom stereocenters. The van der Waals surface area contributed by atoms with Gasteiger partial charge >= 0.3 is 5.69 Å². The molecule has 1 aliphatic rings. The van der Waals surface area contributed by atoms with Crippen LogP contribution >= 0.6 is 0 Å². The van der Waals surface area contributed by atoms with Crippen LogP contribution in [0, 0.1) is 13.8 Å². The molecule has 1 unspecified atom stereocenters. The highest BCUT2D eigenvalue weighted by Crippen LogP contribution is 2.26. The van der Waals surface area contributed by atoms with E-state index in [4.69, 9.17) is 0 Å². The van der Waals surface area contributed by atoms with Crippen LogP contribution in [0.3, 0.4) is 0 Å². The van der Waals surface area contributed by atoms with E-state index in [0.717, 1.165) is 50.3 Å². The van der Waals surface area contributed by atoms with E-state index in [1.165, 1.54) is 4.57 Å². The number of nitrogens with zero attached hydrogens (tertiary/aromatic N) is 5. The zero-order chi connectivity index (χ0) is 19.4. The first-order chi connectivity index (χ1) is 13.0. The van der Waals surface area contributed by atoms with Gasteiger partial charge < -0.3 is 9.47 Å². The van der Waals surface area contributed by atoms with E-state index in [1.807, 2.05) is 30.3 Å². The van der Waals surface area contributed by atoms with E-state index in [0.29, 0.717) is 12.2 Å². The highest BCUT2D eigenvalue weighted by Gasteiger charge is 2.27. The maximum absolute atomic E-state index is 12.8. The van der Waals surface area contributed by atoms with Gasteiger partial charge in [0.15, 0.2) is 0 Å². The molecule has 7 nitrogen and oxygen atoms in total. The standard InChI is InChI=1S/C20H29N5O2/c1-4-5-9-23-11-8-21-19(23)17-7-6-10-24(13-17)18(26)14-25-16(3)12-15(2)22-20(25)27/h8,11-12,17H,4-7,9-10,13-14H2,1-3H3. The zero-order valence-electron chi connectivity index (χ0n) is 16.5. The minimum Gasteiger partial charge on any atom is -0.340 e. The fourth-order valence-corrected chi connectivity index (χ4v) is 3.81. The van der Waals surface area contributed by atoms with E-state index in [-0.39, 0.29) is 24.1 Å². The third-order valence-electron chi connectivity index (χ3n) is 5.28. The number of likely N-dealkylation sites (tertiary alicyclic amines) is 1. The lowest BCUT2D eigenvalue weighted by Gasteiger charge is -2.33. The SMILES string of the molecule is CCCCn1ccnc1C1CCCN(C(=O)Cn2c(C)cc(C)nc2=O)C1. The molecular weight excluding hydrogens is 342 g/mol. The Morgan fingerprint density at radius 3 is 2.89 bits per heavy atom. The first-order valence-electron chi connectivity index (χ1n) is 9.83. The normalized spacial score (nSPS) is 17.3. The van der Waals surface area contributed by atoms with Gasteiger partial charge in [-0.05, 0) is 39.2 Å². The third-order valence-corrected chi connectivity index (χ3v) is 5.28. The molecule has 7 heteroatoms. The molecule has 0 N–H and O–H groups in total.